The van der Waals surface area contributed by atoms with Crippen molar-refractivity contribution in [1.29, 1.82) is 0 Å². The molecule has 44 heavy (non-hydrogen) atoms. The number of halogens is 3. The number of nitrogens with zero attached hydrogens (tertiary/aromatic N) is 6. The third-order valence-corrected chi connectivity index (χ3v) is 8.20. The molecule has 1 amide bonds. The molecule has 4 heterocycles. The van der Waals surface area contributed by atoms with Gasteiger partial charge in [-0.15, -0.1) is 0 Å². The van der Waals surface area contributed by atoms with E-state index in [0.29, 0.717) is 23.0 Å². The van der Waals surface area contributed by atoms with E-state index >= 15 is 0 Å². The van der Waals surface area contributed by atoms with Gasteiger partial charge in [0.1, 0.15) is 6.33 Å². The van der Waals surface area contributed by atoms with E-state index in [-0.39, 0.29) is 23.8 Å². The van der Waals surface area contributed by atoms with E-state index in [1.165, 1.54) is 18.5 Å². The number of anilines is 3. The summed E-state index contributed by atoms with van der Waals surface area (Å²) in [4.78, 5) is 34.5. The quantitative estimate of drug-likeness (QED) is 0.243. The lowest BCUT2D eigenvalue weighted by atomic mass is 10.0. The van der Waals surface area contributed by atoms with Gasteiger partial charge in [-0.2, -0.15) is 13.2 Å². The predicted molar refractivity (Wildman–Crippen MR) is 161 cm³/mol. The lowest BCUT2D eigenvalue weighted by molar-refractivity contribution is -0.138. The molecule has 0 aliphatic carbocycles. The van der Waals surface area contributed by atoms with Gasteiger partial charge in [0, 0.05) is 54.2 Å². The Morgan fingerprint density at radius 3 is 2.57 bits per heavy atom. The zero-order valence-corrected chi connectivity index (χ0v) is 24.3. The third kappa shape index (κ3) is 6.71. The molecule has 2 aliphatic rings. The molecule has 2 saturated heterocycles. The summed E-state index contributed by atoms with van der Waals surface area (Å²) in [6.45, 7) is 4.83. The number of alkyl halides is 3. The number of benzene rings is 2. The molecule has 0 bridgehead atoms. The van der Waals surface area contributed by atoms with Crippen LogP contribution in [0.25, 0.3) is 11.3 Å². The number of carbonyl (C=O) groups excluding carboxylic acids is 1. The number of hydrogen-bond acceptors (Lipinski definition) is 8. The first-order chi connectivity index (χ1) is 21.2. The van der Waals surface area contributed by atoms with Crippen LogP contribution in [0.3, 0.4) is 0 Å². The maximum Gasteiger partial charge on any atom is 0.416 e. The smallest absolute Gasteiger partial charge is 0.324 e. The van der Waals surface area contributed by atoms with E-state index in [9.17, 15) is 18.0 Å². The van der Waals surface area contributed by atoms with Crippen molar-refractivity contribution in [2.75, 3.05) is 30.3 Å². The number of amides is 1. The van der Waals surface area contributed by atoms with Gasteiger partial charge in [0.2, 0.25) is 5.95 Å². The van der Waals surface area contributed by atoms with Gasteiger partial charge in [0.25, 0.3) is 5.91 Å². The first-order valence-corrected chi connectivity index (χ1v) is 14.7. The molecule has 2 N–H and O–H groups in total. The van der Waals surface area contributed by atoms with E-state index < -0.39 is 17.6 Å². The van der Waals surface area contributed by atoms with Gasteiger partial charge in [-0.25, -0.2) is 19.9 Å². The molecule has 1 atom stereocenters. The normalized spacial score (nSPS) is 17.6. The van der Waals surface area contributed by atoms with Crippen LogP contribution in [-0.4, -0.2) is 61.4 Å². The summed E-state index contributed by atoms with van der Waals surface area (Å²) in [5.74, 6) is -0.302. The Morgan fingerprint density at radius 2 is 1.80 bits per heavy atom. The number of aromatic nitrogens is 4. The van der Waals surface area contributed by atoms with E-state index in [4.69, 9.17) is 0 Å². The molecule has 0 radical (unpaired) electrons. The van der Waals surface area contributed by atoms with E-state index in [1.807, 2.05) is 6.92 Å². The molecule has 2 aromatic heterocycles. The summed E-state index contributed by atoms with van der Waals surface area (Å²) >= 11 is 0. The maximum atomic E-state index is 14.2. The van der Waals surface area contributed by atoms with Gasteiger partial charge in [-0.3, -0.25) is 14.6 Å². The molecule has 4 aromatic rings. The van der Waals surface area contributed by atoms with Crippen LogP contribution in [0, 0.1) is 6.92 Å². The molecule has 0 saturated carbocycles. The van der Waals surface area contributed by atoms with Crippen molar-refractivity contribution >= 4 is 23.2 Å². The fourth-order valence-electron chi connectivity index (χ4n) is 5.95. The number of carbonyl (C=O) groups is 1. The molecule has 2 fully saturated rings. The summed E-state index contributed by atoms with van der Waals surface area (Å²) in [6.07, 6.45) is 6.12. The fourth-order valence-corrected chi connectivity index (χ4v) is 5.95. The van der Waals surface area contributed by atoms with Gasteiger partial charge in [-0.1, -0.05) is 12.1 Å². The van der Waals surface area contributed by atoms with Gasteiger partial charge >= 0.3 is 6.18 Å². The molecule has 6 rings (SSSR count). The van der Waals surface area contributed by atoms with Crippen LogP contribution in [0.1, 0.15) is 52.7 Å². The number of nitrogens with one attached hydrogen (secondary N) is 2. The van der Waals surface area contributed by atoms with Crippen LogP contribution in [0.2, 0.25) is 0 Å². The second-order valence-corrected chi connectivity index (χ2v) is 11.2. The number of aryl methyl sites for hydroxylation is 1. The van der Waals surface area contributed by atoms with Crippen molar-refractivity contribution in [1.82, 2.24) is 29.7 Å². The van der Waals surface area contributed by atoms with Crippen molar-refractivity contribution in [3.8, 4) is 11.3 Å². The molecular weight excluding hydrogens is 569 g/mol. The van der Waals surface area contributed by atoms with Gasteiger partial charge in [-0.05, 0) is 87.2 Å². The van der Waals surface area contributed by atoms with Crippen LogP contribution in [0.4, 0.5) is 30.5 Å². The van der Waals surface area contributed by atoms with Crippen molar-refractivity contribution in [2.45, 2.75) is 51.5 Å². The summed E-state index contributed by atoms with van der Waals surface area (Å²) in [5.41, 5.74) is 2.62. The molecule has 9 nitrogen and oxygen atoms in total. The fraction of sp³-hybridized carbons (Fsp3) is 0.344. The molecule has 228 valence electrons. The Hall–Kier alpha value is -4.42. The summed E-state index contributed by atoms with van der Waals surface area (Å²) < 4.78 is 42.7. The van der Waals surface area contributed by atoms with Crippen LogP contribution in [0.15, 0.2) is 67.4 Å². The zero-order chi connectivity index (χ0) is 30.7. The molecule has 12 heteroatoms. The number of hydrogen-bond donors (Lipinski definition) is 2. The van der Waals surface area contributed by atoms with E-state index in [0.717, 1.165) is 62.5 Å². The number of rotatable bonds is 8. The van der Waals surface area contributed by atoms with E-state index in [1.54, 1.807) is 42.9 Å². The second kappa shape index (κ2) is 12.7. The van der Waals surface area contributed by atoms with Gasteiger partial charge in [0.05, 0.1) is 17.4 Å². The first kappa shape index (κ1) is 29.6. The average molecular weight is 603 g/mol. The Morgan fingerprint density at radius 1 is 1.00 bits per heavy atom. The lowest BCUT2D eigenvalue weighted by Crippen LogP contribution is -2.42. The van der Waals surface area contributed by atoms with Crippen molar-refractivity contribution in [3.63, 3.8) is 0 Å². The predicted octanol–water partition coefficient (Wildman–Crippen LogP) is 6.27. The highest BCUT2D eigenvalue weighted by Crippen LogP contribution is 2.35. The second-order valence-electron chi connectivity index (χ2n) is 11.2. The number of likely N-dealkylation sites (tertiary alicyclic amines) is 2. The van der Waals surface area contributed by atoms with Crippen molar-refractivity contribution in [2.24, 2.45) is 0 Å². The zero-order valence-electron chi connectivity index (χ0n) is 24.3. The standard InChI is InChI=1S/C32H33F3N8O/c1-21-6-9-25(16-28(21)41-31-38-11-10-27(40-31)24-17-36-20-37-18-24)39-30(44)22-7-8-23(26(15-22)32(33,34)35)19-43-14-4-5-29(43)42-12-2-3-13-42/h6-11,15-18,20,29H,2-5,12-14,19H2,1H3,(H,39,44)(H,38,40,41). The highest BCUT2D eigenvalue weighted by Gasteiger charge is 2.37. The third-order valence-electron chi connectivity index (χ3n) is 8.20. The van der Waals surface area contributed by atoms with Crippen LogP contribution in [0.5, 0.6) is 0 Å². The molecule has 2 aromatic carbocycles. The molecule has 2 aliphatic heterocycles. The van der Waals surface area contributed by atoms with Crippen molar-refractivity contribution in [3.05, 3.63) is 89.6 Å². The van der Waals surface area contributed by atoms with Crippen LogP contribution >= 0.6 is 0 Å². The Bertz CT molecular complexity index is 1630. The highest BCUT2D eigenvalue weighted by atomic mass is 19.4. The van der Waals surface area contributed by atoms with Crippen LogP contribution < -0.4 is 10.6 Å². The van der Waals surface area contributed by atoms with Gasteiger partial charge in [0.15, 0.2) is 0 Å². The minimum Gasteiger partial charge on any atom is -0.324 e. The summed E-state index contributed by atoms with van der Waals surface area (Å²) in [5, 5.41) is 5.90. The largest absolute Gasteiger partial charge is 0.416 e. The SMILES string of the molecule is Cc1ccc(NC(=O)c2ccc(CN3CCCC3N3CCCC3)c(C(F)(F)F)c2)cc1Nc1nccc(-c2cncnc2)n1. The lowest BCUT2D eigenvalue weighted by Gasteiger charge is -2.32. The first-order valence-electron chi connectivity index (χ1n) is 14.7. The molecular formula is C32H33F3N8O. The summed E-state index contributed by atoms with van der Waals surface area (Å²) in [6, 6.07) is 10.8. The highest BCUT2D eigenvalue weighted by molar-refractivity contribution is 6.04. The molecule has 1 unspecified atom stereocenters. The Labute approximate surface area is 253 Å². The minimum atomic E-state index is -4.59. The summed E-state index contributed by atoms with van der Waals surface area (Å²) in [7, 11) is 0. The topological polar surface area (TPSA) is 99.2 Å². The van der Waals surface area contributed by atoms with Gasteiger partial charge < -0.3 is 10.6 Å². The molecule has 0 spiro atoms. The Balaban J connectivity index is 1.18. The monoisotopic (exact) mass is 602 g/mol. The van der Waals surface area contributed by atoms with E-state index in [2.05, 4.69) is 40.4 Å². The maximum absolute atomic E-state index is 14.2. The van der Waals surface area contributed by atoms with Crippen molar-refractivity contribution < 1.29 is 18.0 Å². The average Bonchev–Trinajstić information content (AvgIpc) is 3.72. The minimum absolute atomic E-state index is 0.0604. The Kier molecular flexibility index (Phi) is 8.53. The van der Waals surface area contributed by atoms with Crippen LogP contribution in [-0.2, 0) is 12.7 Å².